The van der Waals surface area contributed by atoms with Crippen LogP contribution in [0.4, 0.5) is 0 Å². The van der Waals surface area contributed by atoms with E-state index in [9.17, 15) is 19.5 Å². The van der Waals surface area contributed by atoms with Crippen LogP contribution in [-0.2, 0) is 39.1 Å². The van der Waals surface area contributed by atoms with Crippen LogP contribution < -0.4 is 0 Å². The van der Waals surface area contributed by atoms with E-state index in [1.165, 1.54) is 25.2 Å². The lowest BCUT2D eigenvalue weighted by Gasteiger charge is -2.47. The molecule has 25 heavy (non-hydrogen) atoms. The molecule has 5 atom stereocenters. The third-order valence-corrected chi connectivity index (χ3v) is 4.58. The van der Waals surface area contributed by atoms with Crippen molar-refractivity contribution in [1.29, 1.82) is 0 Å². The van der Waals surface area contributed by atoms with Crippen molar-refractivity contribution in [2.75, 3.05) is 0 Å². The summed E-state index contributed by atoms with van der Waals surface area (Å²) in [7, 11) is 0. The van der Waals surface area contributed by atoms with E-state index >= 15 is 0 Å². The standard InChI is InChI=1S/C16H20O8S/c1-8-13(21-9(2)17)14(22-10(3)18)15(23-11(4)19)16(20,24-8)12-6-5-7-25-12/h5-8,13-15,20H,1-4H3/t8-,13+,14+,15-,16?/m0/s1. The van der Waals surface area contributed by atoms with E-state index in [-0.39, 0.29) is 0 Å². The molecule has 0 amide bonds. The second-order valence-corrected chi connectivity index (χ2v) is 6.62. The Labute approximate surface area is 148 Å². The van der Waals surface area contributed by atoms with Crippen LogP contribution >= 0.6 is 11.3 Å². The predicted molar refractivity (Wildman–Crippen MR) is 85.4 cm³/mol. The monoisotopic (exact) mass is 372 g/mol. The first-order chi connectivity index (χ1) is 11.6. The fraction of sp³-hybridized carbons (Fsp3) is 0.562. The van der Waals surface area contributed by atoms with Crippen LogP contribution in [0.2, 0.25) is 0 Å². The summed E-state index contributed by atoms with van der Waals surface area (Å²) in [6, 6.07) is 3.29. The van der Waals surface area contributed by atoms with Crippen LogP contribution in [0.15, 0.2) is 17.5 Å². The maximum absolute atomic E-state index is 11.6. The maximum atomic E-state index is 11.6. The molecule has 2 rings (SSSR count). The Kier molecular flexibility index (Phi) is 5.81. The van der Waals surface area contributed by atoms with Gasteiger partial charge in [-0.25, -0.2) is 0 Å². The van der Waals surface area contributed by atoms with Crippen molar-refractivity contribution in [2.45, 2.75) is 57.9 Å². The predicted octanol–water partition coefficient (Wildman–Crippen LogP) is 1.11. The number of esters is 3. The van der Waals surface area contributed by atoms with Crippen molar-refractivity contribution in [3.63, 3.8) is 0 Å². The summed E-state index contributed by atoms with van der Waals surface area (Å²) >= 11 is 1.18. The van der Waals surface area contributed by atoms with E-state index in [0.717, 1.165) is 6.92 Å². The summed E-state index contributed by atoms with van der Waals surface area (Å²) in [6.07, 6.45) is -4.52. The van der Waals surface area contributed by atoms with E-state index in [1.54, 1.807) is 24.4 Å². The van der Waals surface area contributed by atoms with E-state index in [4.69, 9.17) is 18.9 Å². The smallest absolute Gasteiger partial charge is 0.303 e. The molecule has 2 heterocycles. The Balaban J connectivity index is 2.50. The number of aliphatic hydroxyl groups is 1. The molecule has 0 aliphatic carbocycles. The van der Waals surface area contributed by atoms with Gasteiger partial charge in [0.25, 0.3) is 0 Å². The van der Waals surface area contributed by atoms with Gasteiger partial charge in [0.05, 0.1) is 11.0 Å². The molecule has 9 heteroatoms. The van der Waals surface area contributed by atoms with Crippen LogP contribution in [0.5, 0.6) is 0 Å². The zero-order chi connectivity index (χ0) is 18.8. The molecule has 138 valence electrons. The Morgan fingerprint density at radius 2 is 1.64 bits per heavy atom. The van der Waals surface area contributed by atoms with Gasteiger partial charge in [-0.2, -0.15) is 0 Å². The molecule has 0 aromatic carbocycles. The van der Waals surface area contributed by atoms with Crippen molar-refractivity contribution in [2.24, 2.45) is 0 Å². The van der Waals surface area contributed by atoms with Gasteiger partial charge in [-0.3, -0.25) is 14.4 Å². The minimum Gasteiger partial charge on any atom is -0.456 e. The van der Waals surface area contributed by atoms with Crippen molar-refractivity contribution >= 4 is 29.2 Å². The normalized spacial score (nSPS) is 31.9. The van der Waals surface area contributed by atoms with Gasteiger partial charge in [-0.1, -0.05) is 6.07 Å². The van der Waals surface area contributed by atoms with Crippen molar-refractivity contribution in [1.82, 2.24) is 0 Å². The maximum Gasteiger partial charge on any atom is 0.303 e. The highest BCUT2D eigenvalue weighted by molar-refractivity contribution is 7.10. The van der Waals surface area contributed by atoms with Gasteiger partial charge in [0.15, 0.2) is 12.2 Å². The quantitative estimate of drug-likeness (QED) is 0.618. The highest BCUT2D eigenvalue weighted by Crippen LogP contribution is 2.42. The molecule has 1 aromatic heterocycles. The highest BCUT2D eigenvalue weighted by Gasteiger charge is 2.59. The lowest BCUT2D eigenvalue weighted by molar-refractivity contribution is -0.352. The Morgan fingerprint density at radius 3 is 2.12 bits per heavy atom. The molecule has 1 fully saturated rings. The van der Waals surface area contributed by atoms with Gasteiger partial charge < -0.3 is 24.1 Å². The molecule has 0 bridgehead atoms. The number of carbonyl (C=O) groups excluding carboxylic acids is 3. The minimum absolute atomic E-state index is 0.365. The summed E-state index contributed by atoms with van der Waals surface area (Å²) in [5.41, 5.74) is 0. The van der Waals surface area contributed by atoms with Gasteiger partial charge in [-0.05, 0) is 18.4 Å². The van der Waals surface area contributed by atoms with Crippen LogP contribution in [-0.4, -0.2) is 47.4 Å². The average Bonchev–Trinajstić information content (AvgIpc) is 3.01. The molecule has 1 N–H and O–H groups in total. The molecule has 0 saturated carbocycles. The molecule has 1 aliphatic rings. The first-order valence-electron chi connectivity index (χ1n) is 7.61. The third kappa shape index (κ3) is 4.17. The third-order valence-electron chi connectivity index (χ3n) is 3.61. The topological polar surface area (TPSA) is 108 Å². The van der Waals surface area contributed by atoms with E-state index in [0.29, 0.717) is 4.88 Å². The van der Waals surface area contributed by atoms with Crippen LogP contribution in [0, 0.1) is 0 Å². The number of rotatable bonds is 4. The lowest BCUT2D eigenvalue weighted by atomic mass is 9.91. The first-order valence-corrected chi connectivity index (χ1v) is 8.49. The highest BCUT2D eigenvalue weighted by atomic mass is 32.1. The van der Waals surface area contributed by atoms with Crippen molar-refractivity contribution in [3.05, 3.63) is 22.4 Å². The Hall–Kier alpha value is -1.97. The summed E-state index contributed by atoms with van der Waals surface area (Å²) in [4.78, 5) is 34.9. The number of hydrogen-bond acceptors (Lipinski definition) is 9. The summed E-state index contributed by atoms with van der Waals surface area (Å²) in [5.74, 6) is -4.06. The van der Waals surface area contributed by atoms with Crippen LogP contribution in [0.3, 0.4) is 0 Å². The molecule has 1 aliphatic heterocycles. The molecule has 8 nitrogen and oxygen atoms in total. The molecule has 0 radical (unpaired) electrons. The molecule has 1 aromatic rings. The van der Waals surface area contributed by atoms with E-state index in [1.807, 2.05) is 0 Å². The number of ether oxygens (including phenoxy) is 4. The van der Waals surface area contributed by atoms with Crippen molar-refractivity contribution in [3.8, 4) is 0 Å². The fourth-order valence-corrected chi connectivity index (χ4v) is 3.55. The molecule has 1 saturated heterocycles. The van der Waals surface area contributed by atoms with Gasteiger partial charge in [0.2, 0.25) is 11.9 Å². The summed E-state index contributed by atoms with van der Waals surface area (Å²) < 4.78 is 21.4. The van der Waals surface area contributed by atoms with Gasteiger partial charge in [-0.15, -0.1) is 11.3 Å². The molecular formula is C16H20O8S. The van der Waals surface area contributed by atoms with Gasteiger partial charge >= 0.3 is 17.9 Å². The van der Waals surface area contributed by atoms with E-state index < -0.39 is 48.1 Å². The second-order valence-electron chi connectivity index (χ2n) is 5.67. The zero-order valence-electron chi connectivity index (χ0n) is 14.3. The summed E-state index contributed by atoms with van der Waals surface area (Å²) in [5, 5.41) is 12.8. The Morgan fingerprint density at radius 1 is 1.08 bits per heavy atom. The van der Waals surface area contributed by atoms with Crippen LogP contribution in [0.1, 0.15) is 32.6 Å². The SMILES string of the molecule is CC(=O)O[C@@H]1[C@H](OC(C)=O)[C@H](C)OC(O)(c2cccs2)[C@H]1OC(C)=O. The largest absolute Gasteiger partial charge is 0.456 e. The summed E-state index contributed by atoms with van der Waals surface area (Å²) in [6.45, 7) is 5.07. The number of hydrogen-bond donors (Lipinski definition) is 1. The zero-order valence-corrected chi connectivity index (χ0v) is 15.1. The number of thiophene rings is 1. The second kappa shape index (κ2) is 7.51. The first kappa shape index (κ1) is 19.4. The van der Waals surface area contributed by atoms with Gasteiger partial charge in [0.1, 0.15) is 0 Å². The lowest BCUT2D eigenvalue weighted by Crippen LogP contribution is -2.65. The van der Waals surface area contributed by atoms with Crippen LogP contribution in [0.25, 0.3) is 0 Å². The Bertz CT molecular complexity index is 643. The van der Waals surface area contributed by atoms with Crippen molar-refractivity contribution < 1.29 is 38.4 Å². The van der Waals surface area contributed by atoms with E-state index in [2.05, 4.69) is 0 Å². The minimum atomic E-state index is -2.05. The van der Waals surface area contributed by atoms with Gasteiger partial charge in [0, 0.05) is 20.8 Å². The molecule has 1 unspecified atom stereocenters. The molecular weight excluding hydrogens is 352 g/mol. The molecule has 0 spiro atoms. The number of carbonyl (C=O) groups is 3. The average molecular weight is 372 g/mol. The fourth-order valence-electron chi connectivity index (χ4n) is 2.76.